The molecule has 1 aliphatic heterocycles. The standard InChI is InChI=1S/C22H19F2N2O4PS/c1-11-6-7-15(18(31)17(11)24)14-8-9-32-21(16(14)22(28)29)26-19(27)20(25-2)30-13-5-3-4-12(23)10-13/h3-8,10H,9,31H2,1-2H3,(H,26,27)(H,28,29). The van der Waals surface area contributed by atoms with Gasteiger partial charge < -0.3 is 15.2 Å². The number of nitrogens with zero attached hydrogens (tertiary/aromatic N) is 1. The van der Waals surface area contributed by atoms with Gasteiger partial charge in [-0.2, -0.15) is 0 Å². The molecule has 2 aromatic rings. The van der Waals surface area contributed by atoms with Gasteiger partial charge >= 0.3 is 11.9 Å². The monoisotopic (exact) mass is 476 g/mol. The Labute approximate surface area is 189 Å². The maximum atomic E-state index is 14.4. The third-order valence-electron chi connectivity index (χ3n) is 4.52. The van der Waals surface area contributed by atoms with Crippen LogP contribution in [0.4, 0.5) is 8.78 Å². The third kappa shape index (κ3) is 5.06. The summed E-state index contributed by atoms with van der Waals surface area (Å²) in [5.41, 5.74) is 0.930. The van der Waals surface area contributed by atoms with E-state index in [4.69, 9.17) is 4.74 Å². The summed E-state index contributed by atoms with van der Waals surface area (Å²) < 4.78 is 33.2. The summed E-state index contributed by atoms with van der Waals surface area (Å²) in [7, 11) is 3.61. The molecule has 1 unspecified atom stereocenters. The maximum absolute atomic E-state index is 14.4. The Kier molecular flexibility index (Phi) is 7.43. The summed E-state index contributed by atoms with van der Waals surface area (Å²) in [6.45, 7) is 1.61. The second-order valence-corrected chi connectivity index (χ2v) is 8.25. The number of hydrogen-bond donors (Lipinski definition) is 2. The Bertz CT molecular complexity index is 1190. The first-order valence-electron chi connectivity index (χ1n) is 9.30. The Morgan fingerprint density at radius 1 is 1.25 bits per heavy atom. The zero-order valence-electron chi connectivity index (χ0n) is 17.1. The average Bonchev–Trinajstić information content (AvgIpc) is 2.75. The average molecular weight is 476 g/mol. The molecule has 0 spiro atoms. The number of hydrogen-bond acceptors (Lipinski definition) is 5. The fraction of sp³-hybridized carbons (Fsp3) is 0.136. The lowest BCUT2D eigenvalue weighted by Gasteiger charge is -2.21. The zero-order chi connectivity index (χ0) is 23.4. The molecule has 10 heteroatoms. The number of aliphatic imine (C=N–C) groups is 1. The van der Waals surface area contributed by atoms with Crippen molar-refractivity contribution in [1.29, 1.82) is 0 Å². The van der Waals surface area contributed by atoms with E-state index < -0.39 is 23.5 Å². The van der Waals surface area contributed by atoms with Crippen LogP contribution in [0.1, 0.15) is 11.1 Å². The molecule has 0 saturated heterocycles. The number of carboxylic acid groups (broad SMARTS) is 1. The largest absolute Gasteiger partial charge is 0.478 e. The quantitative estimate of drug-likeness (QED) is 0.401. The molecule has 0 radical (unpaired) electrons. The van der Waals surface area contributed by atoms with Gasteiger partial charge in [-0.05, 0) is 35.8 Å². The highest BCUT2D eigenvalue weighted by Gasteiger charge is 2.28. The Hall–Kier alpha value is -3.03. The van der Waals surface area contributed by atoms with Crippen LogP contribution >= 0.6 is 21.0 Å². The Morgan fingerprint density at radius 2 is 2.00 bits per heavy atom. The number of carbonyl (C=O) groups excluding carboxylic acids is 1. The minimum absolute atomic E-state index is 0.0628. The van der Waals surface area contributed by atoms with E-state index in [0.717, 1.165) is 17.8 Å². The molecule has 0 bridgehead atoms. The molecule has 6 nitrogen and oxygen atoms in total. The molecule has 1 atom stereocenters. The number of aliphatic carboxylic acids is 1. The Balaban J connectivity index is 1.93. The minimum atomic E-state index is -1.29. The SMILES string of the molecule is CN=C(Oc1cccc(F)c1)C(=O)NC1=C(C(=O)O)C(c2ccc(C)c(F)c2P)=CCS1. The van der Waals surface area contributed by atoms with Crippen LogP contribution in [0.3, 0.4) is 0 Å². The van der Waals surface area contributed by atoms with E-state index in [-0.39, 0.29) is 33.1 Å². The summed E-state index contributed by atoms with van der Waals surface area (Å²) in [6.07, 6.45) is 1.67. The van der Waals surface area contributed by atoms with E-state index in [1.165, 1.54) is 25.2 Å². The molecule has 0 aliphatic carbocycles. The van der Waals surface area contributed by atoms with Gasteiger partial charge in [-0.1, -0.05) is 24.3 Å². The van der Waals surface area contributed by atoms with Crippen molar-refractivity contribution in [1.82, 2.24) is 5.32 Å². The van der Waals surface area contributed by atoms with Crippen molar-refractivity contribution >= 4 is 49.7 Å². The van der Waals surface area contributed by atoms with Crippen molar-refractivity contribution in [2.45, 2.75) is 6.92 Å². The topological polar surface area (TPSA) is 88.0 Å². The number of rotatable bonds is 4. The molecule has 3 rings (SSSR count). The van der Waals surface area contributed by atoms with Crippen LogP contribution in [-0.4, -0.2) is 35.7 Å². The highest BCUT2D eigenvalue weighted by molar-refractivity contribution is 8.03. The van der Waals surface area contributed by atoms with E-state index in [9.17, 15) is 23.5 Å². The smallest absolute Gasteiger partial charge is 0.339 e. The highest BCUT2D eigenvalue weighted by atomic mass is 32.2. The van der Waals surface area contributed by atoms with Gasteiger partial charge in [0.25, 0.3) is 5.90 Å². The van der Waals surface area contributed by atoms with E-state index in [1.54, 1.807) is 25.1 Å². The van der Waals surface area contributed by atoms with Crippen molar-refractivity contribution in [3.8, 4) is 5.75 Å². The molecular formula is C22H19F2N2O4PS. The number of aryl methyl sites for hydroxylation is 1. The van der Waals surface area contributed by atoms with Gasteiger partial charge in [-0.25, -0.2) is 18.6 Å². The van der Waals surface area contributed by atoms with Gasteiger partial charge in [0.05, 0.1) is 10.6 Å². The molecule has 1 heterocycles. The molecule has 1 aliphatic rings. The van der Waals surface area contributed by atoms with Crippen LogP contribution in [0.2, 0.25) is 0 Å². The number of benzene rings is 2. The first-order valence-corrected chi connectivity index (χ1v) is 10.9. The van der Waals surface area contributed by atoms with Gasteiger partial charge in [0, 0.05) is 24.2 Å². The summed E-state index contributed by atoms with van der Waals surface area (Å²) in [5, 5.41) is 12.7. The fourth-order valence-electron chi connectivity index (χ4n) is 2.99. The second-order valence-electron chi connectivity index (χ2n) is 6.64. The lowest BCUT2D eigenvalue weighted by atomic mass is 9.96. The maximum Gasteiger partial charge on any atom is 0.339 e. The summed E-state index contributed by atoms with van der Waals surface area (Å²) in [4.78, 5) is 28.6. The number of amides is 1. The van der Waals surface area contributed by atoms with Crippen molar-refractivity contribution in [2.75, 3.05) is 12.8 Å². The van der Waals surface area contributed by atoms with Crippen molar-refractivity contribution in [3.63, 3.8) is 0 Å². The predicted octanol–water partition coefficient (Wildman–Crippen LogP) is 3.42. The van der Waals surface area contributed by atoms with E-state index in [0.29, 0.717) is 16.9 Å². The molecule has 1 amide bonds. The molecule has 0 saturated carbocycles. The summed E-state index contributed by atoms with van der Waals surface area (Å²) >= 11 is 1.10. The fourth-order valence-corrected chi connectivity index (χ4v) is 4.39. The number of carboxylic acids is 1. The van der Waals surface area contributed by atoms with E-state index in [1.807, 2.05) is 0 Å². The lowest BCUT2D eigenvalue weighted by molar-refractivity contribution is -0.132. The molecule has 166 valence electrons. The Morgan fingerprint density at radius 3 is 2.66 bits per heavy atom. The third-order valence-corrected chi connectivity index (χ3v) is 6.02. The van der Waals surface area contributed by atoms with Gasteiger partial charge in [0.15, 0.2) is 0 Å². The molecule has 32 heavy (non-hydrogen) atoms. The van der Waals surface area contributed by atoms with Crippen molar-refractivity contribution in [2.24, 2.45) is 4.99 Å². The molecule has 0 fully saturated rings. The van der Waals surface area contributed by atoms with Crippen LogP contribution < -0.4 is 15.4 Å². The van der Waals surface area contributed by atoms with Gasteiger partial charge in [-0.15, -0.1) is 21.0 Å². The zero-order valence-corrected chi connectivity index (χ0v) is 19.1. The minimum Gasteiger partial charge on any atom is -0.478 e. The van der Waals surface area contributed by atoms with Crippen LogP contribution in [0.5, 0.6) is 5.75 Å². The number of halogens is 2. The lowest BCUT2D eigenvalue weighted by Crippen LogP contribution is -2.35. The summed E-state index contributed by atoms with van der Waals surface area (Å²) in [6, 6.07) is 8.37. The van der Waals surface area contributed by atoms with Crippen LogP contribution in [0.15, 0.2) is 58.1 Å². The first kappa shape index (κ1) is 23.6. The van der Waals surface area contributed by atoms with E-state index >= 15 is 0 Å². The van der Waals surface area contributed by atoms with E-state index in [2.05, 4.69) is 19.5 Å². The highest BCUT2D eigenvalue weighted by Crippen LogP contribution is 2.35. The van der Waals surface area contributed by atoms with Crippen molar-refractivity contribution in [3.05, 3.63) is 75.8 Å². The van der Waals surface area contributed by atoms with Gasteiger partial charge in [-0.3, -0.25) is 4.79 Å². The number of ether oxygens (including phenoxy) is 1. The van der Waals surface area contributed by atoms with Crippen LogP contribution in [-0.2, 0) is 9.59 Å². The molecule has 2 N–H and O–H groups in total. The summed E-state index contributed by atoms with van der Waals surface area (Å²) in [5.74, 6) is -3.06. The van der Waals surface area contributed by atoms with Crippen LogP contribution in [0, 0.1) is 18.6 Å². The predicted molar refractivity (Wildman–Crippen MR) is 124 cm³/mol. The molecule has 0 aromatic heterocycles. The second kappa shape index (κ2) is 10.1. The number of thioether (sulfide) groups is 1. The normalized spacial score (nSPS) is 14.2. The number of nitrogens with one attached hydrogen (secondary N) is 1. The number of carbonyl (C=O) groups is 2. The van der Waals surface area contributed by atoms with Crippen molar-refractivity contribution < 1.29 is 28.2 Å². The first-order chi connectivity index (χ1) is 15.2. The molecule has 2 aromatic carbocycles. The molecular weight excluding hydrogens is 457 g/mol. The van der Waals surface area contributed by atoms with Gasteiger partial charge in [0.2, 0.25) is 0 Å². The van der Waals surface area contributed by atoms with Crippen LogP contribution in [0.25, 0.3) is 5.57 Å². The van der Waals surface area contributed by atoms with Gasteiger partial charge in [0.1, 0.15) is 17.4 Å².